The predicted octanol–water partition coefficient (Wildman–Crippen LogP) is 3.87. The lowest BCUT2D eigenvalue weighted by atomic mass is 10.1. The topological polar surface area (TPSA) is 73.8 Å². The van der Waals surface area contributed by atoms with Gasteiger partial charge in [0, 0.05) is 35.9 Å². The largest absolute Gasteiger partial charge is 0.443 e. The first kappa shape index (κ1) is 15.0. The van der Waals surface area contributed by atoms with E-state index in [1.807, 2.05) is 35.7 Å². The molecule has 1 aromatic carbocycles. The smallest absolute Gasteiger partial charge is 0.275 e. The van der Waals surface area contributed by atoms with Gasteiger partial charge in [0.25, 0.3) is 5.56 Å². The fourth-order valence-electron chi connectivity index (χ4n) is 3.08. The van der Waals surface area contributed by atoms with E-state index in [0.717, 1.165) is 32.6 Å². The Morgan fingerprint density at radius 2 is 1.96 bits per heavy atom. The Bertz CT molecular complexity index is 1320. The highest BCUT2D eigenvalue weighted by molar-refractivity contribution is 7.18. The molecule has 7 heteroatoms. The number of rotatable bonds is 2. The van der Waals surface area contributed by atoms with Gasteiger partial charge in [0.15, 0.2) is 12.0 Å². The van der Waals surface area contributed by atoms with Crippen LogP contribution in [-0.2, 0) is 7.05 Å². The lowest BCUT2D eigenvalue weighted by Crippen LogP contribution is -2.20. The second kappa shape index (κ2) is 5.60. The van der Waals surface area contributed by atoms with Crippen LogP contribution in [0.1, 0.15) is 0 Å². The summed E-state index contributed by atoms with van der Waals surface area (Å²) in [4.78, 5) is 21.0. The molecule has 0 unspecified atom stereocenters. The van der Waals surface area contributed by atoms with E-state index in [9.17, 15) is 4.79 Å². The van der Waals surface area contributed by atoms with Gasteiger partial charge in [0.2, 0.25) is 0 Å². The van der Waals surface area contributed by atoms with Crippen LogP contribution >= 0.6 is 11.3 Å². The highest BCUT2D eigenvalue weighted by Gasteiger charge is 2.18. The number of aromatic nitrogens is 4. The maximum absolute atomic E-state index is 12.8. The molecule has 4 heterocycles. The molecule has 0 aliphatic rings. The minimum absolute atomic E-state index is 0.113. The van der Waals surface area contributed by atoms with Crippen molar-refractivity contribution in [3.8, 4) is 22.4 Å². The van der Waals surface area contributed by atoms with E-state index in [1.54, 1.807) is 19.4 Å². The molecule has 0 fully saturated rings. The third-order valence-corrected chi connectivity index (χ3v) is 5.35. The molecule has 5 rings (SSSR count). The van der Waals surface area contributed by atoms with Crippen molar-refractivity contribution >= 4 is 32.5 Å². The first-order chi connectivity index (χ1) is 12.7. The standard InChI is InChI=1S/C19H12N4O2S/c1-23-19(24)16-13(11-4-6-20-7-5-11)9-26-18(16)17(22-23)12-2-3-14-15(8-12)25-10-21-14/h2-10H,1H3. The van der Waals surface area contributed by atoms with Gasteiger partial charge in [-0.25, -0.2) is 9.67 Å². The fraction of sp³-hybridized carbons (Fsp3) is 0.0526. The summed E-state index contributed by atoms with van der Waals surface area (Å²) in [5, 5.41) is 7.18. The molecule has 0 aliphatic heterocycles. The van der Waals surface area contributed by atoms with Gasteiger partial charge in [0.1, 0.15) is 11.2 Å². The molecule has 0 bridgehead atoms. The molecule has 0 saturated heterocycles. The molecule has 0 amide bonds. The Morgan fingerprint density at radius 1 is 1.12 bits per heavy atom. The van der Waals surface area contributed by atoms with Crippen LogP contribution in [0.5, 0.6) is 0 Å². The van der Waals surface area contributed by atoms with Gasteiger partial charge >= 0.3 is 0 Å². The number of nitrogens with zero attached hydrogens (tertiary/aromatic N) is 4. The van der Waals surface area contributed by atoms with Crippen molar-refractivity contribution in [1.82, 2.24) is 19.7 Å². The fourth-order valence-corrected chi connectivity index (χ4v) is 4.16. The van der Waals surface area contributed by atoms with E-state index in [4.69, 9.17) is 4.42 Å². The van der Waals surface area contributed by atoms with Gasteiger partial charge in [0.05, 0.1) is 10.1 Å². The minimum Gasteiger partial charge on any atom is -0.443 e. The van der Waals surface area contributed by atoms with Crippen LogP contribution in [0, 0.1) is 0 Å². The number of hydrogen-bond donors (Lipinski definition) is 0. The van der Waals surface area contributed by atoms with Gasteiger partial charge in [-0.1, -0.05) is 6.07 Å². The highest BCUT2D eigenvalue weighted by Crippen LogP contribution is 2.37. The average Bonchev–Trinajstić information content (AvgIpc) is 3.32. The van der Waals surface area contributed by atoms with E-state index in [-0.39, 0.29) is 5.56 Å². The number of benzene rings is 1. The van der Waals surface area contributed by atoms with Crippen LogP contribution in [0.2, 0.25) is 0 Å². The molecule has 126 valence electrons. The lowest BCUT2D eigenvalue weighted by molar-refractivity contribution is 0.602. The van der Waals surface area contributed by atoms with Crippen LogP contribution in [0.4, 0.5) is 0 Å². The summed E-state index contributed by atoms with van der Waals surface area (Å²) < 4.78 is 7.66. The van der Waals surface area contributed by atoms with Crippen molar-refractivity contribution in [3.63, 3.8) is 0 Å². The SMILES string of the molecule is Cn1nc(-c2ccc3ncoc3c2)c2scc(-c3ccncc3)c2c1=O. The zero-order valence-electron chi connectivity index (χ0n) is 13.7. The molecule has 0 N–H and O–H groups in total. The Balaban J connectivity index is 1.83. The third kappa shape index (κ3) is 2.18. The molecular weight excluding hydrogens is 348 g/mol. The molecular formula is C19H12N4O2S. The third-order valence-electron chi connectivity index (χ3n) is 4.36. The number of oxazole rings is 1. The van der Waals surface area contributed by atoms with Crippen LogP contribution in [-0.4, -0.2) is 19.7 Å². The van der Waals surface area contributed by atoms with Crippen molar-refractivity contribution in [2.24, 2.45) is 7.05 Å². The minimum atomic E-state index is -0.113. The van der Waals surface area contributed by atoms with E-state index in [1.165, 1.54) is 22.4 Å². The van der Waals surface area contributed by atoms with Gasteiger partial charge in [-0.15, -0.1) is 11.3 Å². The second-order valence-electron chi connectivity index (χ2n) is 5.90. The zero-order valence-corrected chi connectivity index (χ0v) is 14.5. The van der Waals surface area contributed by atoms with Gasteiger partial charge < -0.3 is 4.42 Å². The van der Waals surface area contributed by atoms with Crippen LogP contribution in [0.15, 0.2) is 63.7 Å². The molecule has 26 heavy (non-hydrogen) atoms. The van der Waals surface area contributed by atoms with Crippen LogP contribution in [0.3, 0.4) is 0 Å². The highest BCUT2D eigenvalue weighted by atomic mass is 32.1. The van der Waals surface area contributed by atoms with Crippen molar-refractivity contribution in [2.45, 2.75) is 0 Å². The molecule has 0 aliphatic carbocycles. The zero-order chi connectivity index (χ0) is 17.7. The molecule has 0 radical (unpaired) electrons. The monoisotopic (exact) mass is 360 g/mol. The Hall–Kier alpha value is -3.32. The molecule has 5 aromatic rings. The van der Waals surface area contributed by atoms with Gasteiger partial charge in [-0.05, 0) is 29.8 Å². The van der Waals surface area contributed by atoms with E-state index in [0.29, 0.717) is 11.0 Å². The number of thiophene rings is 1. The van der Waals surface area contributed by atoms with Crippen molar-refractivity contribution in [2.75, 3.05) is 0 Å². The summed E-state index contributed by atoms with van der Waals surface area (Å²) in [5.74, 6) is 0. The molecule has 0 atom stereocenters. The Labute approximate surface area is 151 Å². The summed E-state index contributed by atoms with van der Waals surface area (Å²) in [6.07, 6.45) is 4.87. The summed E-state index contributed by atoms with van der Waals surface area (Å²) in [5.41, 5.74) is 4.88. The number of hydrogen-bond acceptors (Lipinski definition) is 6. The number of pyridine rings is 1. The lowest BCUT2D eigenvalue weighted by Gasteiger charge is -2.06. The average molecular weight is 360 g/mol. The summed E-state index contributed by atoms with van der Waals surface area (Å²) >= 11 is 1.52. The molecule has 4 aromatic heterocycles. The van der Waals surface area contributed by atoms with Gasteiger partial charge in [-0.3, -0.25) is 9.78 Å². The summed E-state index contributed by atoms with van der Waals surface area (Å²) in [6.45, 7) is 0. The van der Waals surface area contributed by atoms with E-state index < -0.39 is 0 Å². The molecule has 0 saturated carbocycles. The molecule has 6 nitrogen and oxygen atoms in total. The van der Waals surface area contributed by atoms with E-state index >= 15 is 0 Å². The quantitative estimate of drug-likeness (QED) is 0.478. The number of fused-ring (bicyclic) bond motifs is 2. The Kier molecular flexibility index (Phi) is 3.23. The van der Waals surface area contributed by atoms with Crippen molar-refractivity contribution < 1.29 is 4.42 Å². The summed E-state index contributed by atoms with van der Waals surface area (Å²) in [7, 11) is 1.67. The Morgan fingerprint density at radius 3 is 2.81 bits per heavy atom. The predicted molar refractivity (Wildman–Crippen MR) is 101 cm³/mol. The first-order valence-corrected chi connectivity index (χ1v) is 8.83. The van der Waals surface area contributed by atoms with Crippen molar-refractivity contribution in [3.05, 3.63) is 64.9 Å². The summed E-state index contributed by atoms with van der Waals surface area (Å²) in [6, 6.07) is 9.55. The van der Waals surface area contributed by atoms with E-state index in [2.05, 4.69) is 15.1 Å². The normalized spacial score (nSPS) is 11.4. The number of aryl methyl sites for hydroxylation is 1. The maximum atomic E-state index is 12.8. The molecule has 0 spiro atoms. The van der Waals surface area contributed by atoms with Crippen LogP contribution < -0.4 is 5.56 Å². The van der Waals surface area contributed by atoms with Gasteiger partial charge in [-0.2, -0.15) is 5.10 Å². The van der Waals surface area contributed by atoms with Crippen molar-refractivity contribution in [1.29, 1.82) is 0 Å². The maximum Gasteiger partial charge on any atom is 0.275 e. The van der Waals surface area contributed by atoms with Crippen LogP contribution in [0.25, 0.3) is 43.6 Å². The second-order valence-corrected chi connectivity index (χ2v) is 6.78. The first-order valence-electron chi connectivity index (χ1n) is 7.95.